The predicted molar refractivity (Wildman–Crippen MR) is 85.8 cm³/mol. The lowest BCUT2D eigenvalue weighted by molar-refractivity contribution is -0.274. The van der Waals surface area contributed by atoms with Gasteiger partial charge < -0.3 is 19.9 Å². The minimum absolute atomic E-state index is 0.162. The number of alkyl halides is 3. The summed E-state index contributed by atoms with van der Waals surface area (Å²) in [7, 11) is 1.60. The first-order valence-electron chi connectivity index (χ1n) is 7.37. The molecule has 1 heterocycles. The molecule has 0 saturated carbocycles. The van der Waals surface area contributed by atoms with Crippen LogP contribution in [0.2, 0.25) is 0 Å². The van der Waals surface area contributed by atoms with Crippen LogP contribution in [-0.2, 0) is 13.1 Å². The molecule has 2 rings (SSSR count). The fourth-order valence-electron chi connectivity index (χ4n) is 2.10. The topological polar surface area (TPSA) is 50.6 Å². The van der Waals surface area contributed by atoms with E-state index in [4.69, 9.17) is 0 Å². The van der Waals surface area contributed by atoms with E-state index in [0.29, 0.717) is 18.1 Å². The molecule has 0 fully saturated rings. The minimum Gasteiger partial charge on any atom is -0.405 e. The molecule has 2 aromatic rings. The van der Waals surface area contributed by atoms with E-state index in [2.05, 4.69) is 20.4 Å². The number of rotatable bonds is 6. The van der Waals surface area contributed by atoms with Gasteiger partial charge >= 0.3 is 6.36 Å². The van der Waals surface area contributed by atoms with E-state index in [-0.39, 0.29) is 12.3 Å². The van der Waals surface area contributed by atoms with Crippen LogP contribution >= 0.6 is 0 Å². The van der Waals surface area contributed by atoms with Crippen molar-refractivity contribution >= 4 is 5.96 Å². The molecule has 0 bridgehead atoms. The van der Waals surface area contributed by atoms with Gasteiger partial charge in [-0.15, -0.1) is 13.2 Å². The molecule has 1 aromatic carbocycles. The monoisotopic (exact) mass is 340 g/mol. The van der Waals surface area contributed by atoms with Crippen LogP contribution in [0.15, 0.2) is 53.8 Å². The average Bonchev–Trinajstić information content (AvgIpc) is 3.04. The molecule has 0 spiro atoms. The normalized spacial score (nSPS) is 12.1. The number of ether oxygens (including phenoxy) is 1. The molecule has 24 heavy (non-hydrogen) atoms. The quantitative estimate of drug-likeness (QED) is 0.628. The summed E-state index contributed by atoms with van der Waals surface area (Å²) in [4.78, 5) is 4.05. The van der Waals surface area contributed by atoms with E-state index in [1.165, 1.54) is 12.1 Å². The maximum absolute atomic E-state index is 12.4. The first-order valence-corrected chi connectivity index (χ1v) is 7.37. The van der Waals surface area contributed by atoms with Gasteiger partial charge in [0.2, 0.25) is 0 Å². The highest BCUT2D eigenvalue weighted by Crippen LogP contribution is 2.25. The Morgan fingerprint density at radius 1 is 1.12 bits per heavy atom. The van der Waals surface area contributed by atoms with Gasteiger partial charge in [-0.25, -0.2) is 0 Å². The van der Waals surface area contributed by atoms with Crippen LogP contribution in [0.3, 0.4) is 0 Å². The van der Waals surface area contributed by atoms with Crippen LogP contribution in [0.5, 0.6) is 5.75 Å². The third-order valence-electron chi connectivity index (χ3n) is 3.20. The fraction of sp³-hybridized carbons (Fsp3) is 0.312. The second kappa shape index (κ2) is 8.28. The highest BCUT2D eigenvalue weighted by molar-refractivity contribution is 5.79. The number of hydrogen-bond donors (Lipinski definition) is 2. The molecule has 0 atom stereocenters. The van der Waals surface area contributed by atoms with Crippen LogP contribution in [-0.4, -0.2) is 30.5 Å². The molecule has 5 nitrogen and oxygen atoms in total. The Morgan fingerprint density at radius 2 is 1.83 bits per heavy atom. The molecule has 0 unspecified atom stereocenters. The van der Waals surface area contributed by atoms with Crippen molar-refractivity contribution in [3.8, 4) is 5.75 Å². The van der Waals surface area contributed by atoms with E-state index < -0.39 is 6.36 Å². The van der Waals surface area contributed by atoms with Crippen molar-refractivity contribution in [3.63, 3.8) is 0 Å². The van der Waals surface area contributed by atoms with Crippen LogP contribution < -0.4 is 15.4 Å². The number of aliphatic imine (C=N–C) groups is 1. The van der Waals surface area contributed by atoms with Gasteiger partial charge in [0.25, 0.3) is 0 Å². The van der Waals surface area contributed by atoms with Crippen molar-refractivity contribution in [2.75, 3.05) is 13.6 Å². The Bertz CT molecular complexity index is 654. The Morgan fingerprint density at radius 3 is 2.50 bits per heavy atom. The number of benzene rings is 1. The van der Waals surface area contributed by atoms with Gasteiger partial charge in [0.05, 0.1) is 0 Å². The minimum atomic E-state index is -4.72. The zero-order valence-electron chi connectivity index (χ0n) is 13.2. The summed E-state index contributed by atoms with van der Waals surface area (Å²) in [5.74, 6) is 0.282. The zero-order valence-corrected chi connectivity index (χ0v) is 13.2. The maximum Gasteiger partial charge on any atom is 0.573 e. The average molecular weight is 340 g/mol. The highest BCUT2D eigenvalue weighted by Gasteiger charge is 2.31. The number of para-hydroxylation sites is 1. The lowest BCUT2D eigenvalue weighted by Crippen LogP contribution is -2.38. The maximum atomic E-state index is 12.4. The predicted octanol–water partition coefficient (Wildman–Crippen LogP) is 2.75. The summed E-state index contributed by atoms with van der Waals surface area (Å²) in [6, 6.07) is 9.88. The van der Waals surface area contributed by atoms with Gasteiger partial charge in [0, 0.05) is 44.6 Å². The number of nitrogens with zero attached hydrogens (tertiary/aromatic N) is 2. The number of guanidine groups is 1. The molecule has 0 radical (unpaired) electrons. The van der Waals surface area contributed by atoms with Crippen LogP contribution in [0, 0.1) is 0 Å². The SMILES string of the molecule is CN=C(NCCn1cccc1)NCc1ccccc1OC(F)(F)F. The molecular weight excluding hydrogens is 321 g/mol. The van der Waals surface area contributed by atoms with E-state index in [1.807, 2.05) is 29.1 Å². The number of halogens is 3. The Balaban J connectivity index is 1.86. The zero-order chi connectivity index (χ0) is 17.4. The summed E-state index contributed by atoms with van der Waals surface area (Å²) in [5.41, 5.74) is 0.392. The molecule has 0 saturated heterocycles. The van der Waals surface area contributed by atoms with E-state index >= 15 is 0 Å². The highest BCUT2D eigenvalue weighted by atomic mass is 19.4. The Labute approximate surface area is 138 Å². The van der Waals surface area contributed by atoms with Gasteiger partial charge in [0.1, 0.15) is 5.75 Å². The number of hydrogen-bond acceptors (Lipinski definition) is 2. The number of nitrogens with one attached hydrogen (secondary N) is 2. The lowest BCUT2D eigenvalue weighted by Gasteiger charge is -2.15. The van der Waals surface area contributed by atoms with E-state index in [9.17, 15) is 13.2 Å². The molecule has 0 amide bonds. The molecular formula is C16H19F3N4O. The van der Waals surface area contributed by atoms with Gasteiger partial charge in [-0.2, -0.15) is 0 Å². The third-order valence-corrected chi connectivity index (χ3v) is 3.20. The van der Waals surface area contributed by atoms with Gasteiger partial charge in [-0.3, -0.25) is 4.99 Å². The van der Waals surface area contributed by atoms with Crippen molar-refractivity contribution in [2.45, 2.75) is 19.5 Å². The van der Waals surface area contributed by atoms with Crippen molar-refractivity contribution in [2.24, 2.45) is 4.99 Å². The van der Waals surface area contributed by atoms with E-state index in [1.54, 1.807) is 19.2 Å². The summed E-state index contributed by atoms with van der Waals surface area (Å²) in [6.45, 7) is 1.55. The second-order valence-electron chi connectivity index (χ2n) is 4.93. The largest absolute Gasteiger partial charge is 0.573 e. The second-order valence-corrected chi connectivity index (χ2v) is 4.93. The summed E-state index contributed by atoms with van der Waals surface area (Å²) in [6.07, 6.45) is -0.821. The fourth-order valence-corrected chi connectivity index (χ4v) is 2.10. The van der Waals surface area contributed by atoms with Gasteiger partial charge in [0.15, 0.2) is 5.96 Å². The molecule has 0 aliphatic rings. The molecule has 130 valence electrons. The smallest absolute Gasteiger partial charge is 0.405 e. The molecule has 0 aliphatic heterocycles. The Kier molecular flexibility index (Phi) is 6.11. The standard InChI is InChI=1S/C16H19F3N4O/c1-20-15(21-8-11-23-9-4-5-10-23)22-12-13-6-2-3-7-14(13)24-16(17,18)19/h2-7,9-10H,8,11-12H2,1H3,(H2,20,21,22). The molecule has 0 aliphatic carbocycles. The molecule has 1 aromatic heterocycles. The third kappa shape index (κ3) is 5.86. The van der Waals surface area contributed by atoms with Crippen LogP contribution in [0.4, 0.5) is 13.2 Å². The Hall–Kier alpha value is -2.64. The van der Waals surface area contributed by atoms with E-state index in [0.717, 1.165) is 6.54 Å². The van der Waals surface area contributed by atoms with Crippen molar-refractivity contribution in [3.05, 3.63) is 54.4 Å². The molecule has 8 heteroatoms. The summed E-state index contributed by atoms with van der Waals surface area (Å²) >= 11 is 0. The van der Waals surface area contributed by atoms with Gasteiger partial charge in [-0.05, 0) is 18.2 Å². The van der Waals surface area contributed by atoms with Crippen molar-refractivity contribution < 1.29 is 17.9 Å². The van der Waals surface area contributed by atoms with Crippen molar-refractivity contribution in [1.82, 2.24) is 15.2 Å². The first kappa shape index (κ1) is 17.7. The van der Waals surface area contributed by atoms with Crippen molar-refractivity contribution in [1.29, 1.82) is 0 Å². The summed E-state index contributed by atoms with van der Waals surface area (Å²) in [5, 5.41) is 6.07. The van der Waals surface area contributed by atoms with Gasteiger partial charge in [-0.1, -0.05) is 18.2 Å². The van der Waals surface area contributed by atoms with Crippen LogP contribution in [0.25, 0.3) is 0 Å². The first-order chi connectivity index (χ1) is 11.5. The van der Waals surface area contributed by atoms with Crippen LogP contribution in [0.1, 0.15) is 5.56 Å². The number of aromatic nitrogens is 1. The lowest BCUT2D eigenvalue weighted by atomic mass is 10.2. The summed E-state index contributed by atoms with van der Waals surface area (Å²) < 4.78 is 43.3. The molecule has 2 N–H and O–H groups in total.